The number of halogens is 1. The summed E-state index contributed by atoms with van der Waals surface area (Å²) in [4.78, 5) is 18.0. The van der Waals surface area contributed by atoms with E-state index < -0.39 is 11.9 Å². The van der Waals surface area contributed by atoms with E-state index in [1.807, 2.05) is 19.1 Å². The standard InChI is InChI=1S/C28H34FN5O3/c1-4-34-16-19-5-6-22(36-3)9-20(19)10-26(34)28(35)32-25-12-24(29)23(21-13-30-31-14-21)11-27(25)37-17-18-7-8-33(2)15-18/h5-6,9,11-14,18,26H,4,7-8,10,15-17H2,1-3H3,(H,30,31)(H,32,35)/t18?,26-/m1/s1. The predicted molar refractivity (Wildman–Crippen MR) is 140 cm³/mol. The van der Waals surface area contributed by atoms with Crippen molar-refractivity contribution in [2.45, 2.75) is 32.4 Å². The van der Waals surface area contributed by atoms with Crippen LogP contribution in [-0.2, 0) is 17.8 Å². The predicted octanol–water partition coefficient (Wildman–Crippen LogP) is 3.94. The second-order valence-electron chi connectivity index (χ2n) is 9.95. The molecule has 1 fully saturated rings. The van der Waals surface area contributed by atoms with Gasteiger partial charge in [0, 0.05) is 42.4 Å². The Morgan fingerprint density at radius 3 is 2.84 bits per heavy atom. The molecule has 37 heavy (non-hydrogen) atoms. The van der Waals surface area contributed by atoms with Crippen LogP contribution >= 0.6 is 0 Å². The minimum Gasteiger partial charge on any atom is -0.497 e. The number of amides is 1. The Kier molecular flexibility index (Phi) is 7.43. The van der Waals surface area contributed by atoms with Gasteiger partial charge in [-0.05, 0) is 62.3 Å². The van der Waals surface area contributed by atoms with E-state index in [0.29, 0.717) is 48.1 Å². The molecule has 2 atom stereocenters. The van der Waals surface area contributed by atoms with Crippen LogP contribution < -0.4 is 14.8 Å². The zero-order chi connectivity index (χ0) is 25.9. The van der Waals surface area contributed by atoms with E-state index in [-0.39, 0.29) is 5.91 Å². The molecule has 3 heterocycles. The first kappa shape index (κ1) is 25.2. The highest BCUT2D eigenvalue weighted by molar-refractivity contribution is 5.97. The molecule has 8 nitrogen and oxygen atoms in total. The molecule has 196 valence electrons. The van der Waals surface area contributed by atoms with Gasteiger partial charge in [-0.3, -0.25) is 14.8 Å². The van der Waals surface area contributed by atoms with E-state index in [4.69, 9.17) is 9.47 Å². The molecule has 0 radical (unpaired) electrons. The van der Waals surface area contributed by atoms with Gasteiger partial charge in [-0.15, -0.1) is 0 Å². The minimum atomic E-state index is -0.448. The fourth-order valence-electron chi connectivity index (χ4n) is 5.31. The lowest BCUT2D eigenvalue weighted by molar-refractivity contribution is -0.121. The molecule has 2 aliphatic heterocycles. The molecular formula is C28H34FN5O3. The smallest absolute Gasteiger partial charge is 0.242 e. The Hall–Kier alpha value is -3.43. The van der Waals surface area contributed by atoms with Crippen LogP contribution in [0, 0.1) is 11.7 Å². The third-order valence-corrected chi connectivity index (χ3v) is 7.45. The number of nitrogens with zero attached hydrogens (tertiary/aromatic N) is 3. The molecule has 1 amide bonds. The lowest BCUT2D eigenvalue weighted by Gasteiger charge is -2.35. The van der Waals surface area contributed by atoms with Crippen LogP contribution in [-0.4, -0.2) is 72.3 Å². The molecule has 0 bridgehead atoms. The molecule has 2 aromatic carbocycles. The lowest BCUT2D eigenvalue weighted by atomic mass is 9.93. The van der Waals surface area contributed by atoms with Gasteiger partial charge < -0.3 is 19.7 Å². The molecule has 5 rings (SSSR count). The van der Waals surface area contributed by atoms with Crippen molar-refractivity contribution in [1.29, 1.82) is 0 Å². The number of nitrogens with one attached hydrogen (secondary N) is 2. The van der Waals surface area contributed by atoms with E-state index in [9.17, 15) is 4.79 Å². The van der Waals surface area contributed by atoms with Crippen LogP contribution in [0.25, 0.3) is 11.1 Å². The summed E-state index contributed by atoms with van der Waals surface area (Å²) < 4.78 is 26.8. The number of anilines is 1. The number of rotatable bonds is 8. The maximum atomic E-state index is 15.2. The number of methoxy groups -OCH3 is 1. The van der Waals surface area contributed by atoms with Crippen molar-refractivity contribution >= 4 is 11.6 Å². The lowest BCUT2D eigenvalue weighted by Crippen LogP contribution is -2.47. The maximum Gasteiger partial charge on any atom is 0.242 e. The fraction of sp³-hybridized carbons (Fsp3) is 0.429. The summed E-state index contributed by atoms with van der Waals surface area (Å²) in [5.41, 5.74) is 3.61. The van der Waals surface area contributed by atoms with Crippen molar-refractivity contribution in [3.8, 4) is 22.6 Å². The fourth-order valence-corrected chi connectivity index (χ4v) is 5.31. The van der Waals surface area contributed by atoms with Crippen molar-refractivity contribution < 1.29 is 18.7 Å². The third kappa shape index (κ3) is 5.47. The van der Waals surface area contributed by atoms with Gasteiger partial charge in [0.2, 0.25) is 5.91 Å². The number of aromatic nitrogens is 2. The Balaban J connectivity index is 1.40. The number of carbonyl (C=O) groups excluding carboxylic acids is 1. The summed E-state index contributed by atoms with van der Waals surface area (Å²) in [5.74, 6) is 0.984. The number of hydrogen-bond acceptors (Lipinski definition) is 6. The Morgan fingerprint density at radius 2 is 2.14 bits per heavy atom. The molecule has 0 saturated carbocycles. The maximum absolute atomic E-state index is 15.2. The van der Waals surface area contributed by atoms with Crippen molar-refractivity contribution in [2.75, 3.05) is 45.7 Å². The molecule has 9 heteroatoms. The summed E-state index contributed by atoms with van der Waals surface area (Å²) >= 11 is 0. The summed E-state index contributed by atoms with van der Waals surface area (Å²) in [7, 11) is 3.73. The average Bonchev–Trinajstić information content (AvgIpc) is 3.59. The normalized spacial score (nSPS) is 20.0. The van der Waals surface area contributed by atoms with Crippen LogP contribution in [0.5, 0.6) is 11.5 Å². The largest absolute Gasteiger partial charge is 0.497 e. The van der Waals surface area contributed by atoms with Crippen molar-refractivity contribution in [1.82, 2.24) is 20.0 Å². The monoisotopic (exact) mass is 507 g/mol. The van der Waals surface area contributed by atoms with Crippen LogP contribution in [0.15, 0.2) is 42.7 Å². The molecule has 0 aliphatic carbocycles. The molecular weight excluding hydrogens is 473 g/mol. The first-order valence-corrected chi connectivity index (χ1v) is 12.8. The first-order chi connectivity index (χ1) is 17.9. The highest BCUT2D eigenvalue weighted by Gasteiger charge is 2.32. The number of carbonyl (C=O) groups is 1. The summed E-state index contributed by atoms with van der Waals surface area (Å²) in [5, 5.41) is 9.66. The van der Waals surface area contributed by atoms with Gasteiger partial charge in [-0.25, -0.2) is 4.39 Å². The number of aromatic amines is 1. The molecule has 1 saturated heterocycles. The van der Waals surface area contributed by atoms with Gasteiger partial charge >= 0.3 is 0 Å². The number of fused-ring (bicyclic) bond motifs is 1. The van der Waals surface area contributed by atoms with Gasteiger partial charge in [0.15, 0.2) is 0 Å². The quantitative estimate of drug-likeness (QED) is 0.481. The minimum absolute atomic E-state index is 0.184. The molecule has 1 unspecified atom stereocenters. The zero-order valence-corrected chi connectivity index (χ0v) is 21.6. The van der Waals surface area contributed by atoms with Crippen LogP contribution in [0.1, 0.15) is 24.5 Å². The van der Waals surface area contributed by atoms with E-state index in [1.165, 1.54) is 11.6 Å². The number of ether oxygens (including phenoxy) is 2. The van der Waals surface area contributed by atoms with Crippen molar-refractivity contribution in [2.24, 2.45) is 5.92 Å². The van der Waals surface area contributed by atoms with E-state index in [1.54, 1.807) is 25.6 Å². The average molecular weight is 508 g/mol. The van der Waals surface area contributed by atoms with Crippen molar-refractivity contribution in [3.05, 3.63) is 59.7 Å². The van der Waals surface area contributed by atoms with Crippen LogP contribution in [0.4, 0.5) is 10.1 Å². The molecule has 0 spiro atoms. The Labute approximate surface area is 216 Å². The van der Waals surface area contributed by atoms with Gasteiger partial charge in [-0.1, -0.05) is 13.0 Å². The number of H-pyrrole nitrogens is 1. The number of likely N-dealkylation sites (N-methyl/N-ethyl adjacent to an activating group) is 1. The van der Waals surface area contributed by atoms with Crippen LogP contribution in [0.3, 0.4) is 0 Å². The summed E-state index contributed by atoms with van der Waals surface area (Å²) in [6.45, 7) is 5.91. The summed E-state index contributed by atoms with van der Waals surface area (Å²) in [6.07, 6.45) is 4.80. The number of likely N-dealkylation sites (tertiary alicyclic amines) is 1. The van der Waals surface area contributed by atoms with Gasteiger partial charge in [0.25, 0.3) is 0 Å². The van der Waals surface area contributed by atoms with E-state index >= 15 is 4.39 Å². The van der Waals surface area contributed by atoms with Gasteiger partial charge in [-0.2, -0.15) is 5.10 Å². The highest BCUT2D eigenvalue weighted by atomic mass is 19.1. The second-order valence-corrected chi connectivity index (χ2v) is 9.95. The van der Waals surface area contributed by atoms with Gasteiger partial charge in [0.1, 0.15) is 17.3 Å². The summed E-state index contributed by atoms with van der Waals surface area (Å²) in [6, 6.07) is 8.62. The first-order valence-electron chi connectivity index (χ1n) is 12.8. The molecule has 2 aliphatic rings. The Morgan fingerprint density at radius 1 is 1.27 bits per heavy atom. The molecule has 3 aromatic rings. The molecule has 1 aromatic heterocycles. The topological polar surface area (TPSA) is 82.7 Å². The zero-order valence-electron chi connectivity index (χ0n) is 21.6. The van der Waals surface area contributed by atoms with Crippen molar-refractivity contribution in [3.63, 3.8) is 0 Å². The Bertz CT molecular complexity index is 1250. The van der Waals surface area contributed by atoms with Gasteiger partial charge in [0.05, 0.1) is 31.6 Å². The highest BCUT2D eigenvalue weighted by Crippen LogP contribution is 2.35. The van der Waals surface area contributed by atoms with E-state index in [0.717, 1.165) is 37.4 Å². The molecule has 2 N–H and O–H groups in total. The third-order valence-electron chi connectivity index (χ3n) is 7.45. The number of benzene rings is 2. The SMILES string of the molecule is CCN1Cc2ccc(OC)cc2C[C@@H]1C(=O)Nc1cc(F)c(-c2cn[nH]c2)cc1OCC1CCN(C)C1. The van der Waals surface area contributed by atoms with E-state index in [2.05, 4.69) is 38.4 Å². The van der Waals surface area contributed by atoms with Crippen LogP contribution in [0.2, 0.25) is 0 Å². The number of hydrogen-bond donors (Lipinski definition) is 2. The second kappa shape index (κ2) is 10.9.